The summed E-state index contributed by atoms with van der Waals surface area (Å²) in [6.07, 6.45) is -0.183. The van der Waals surface area contributed by atoms with Gasteiger partial charge in [0.1, 0.15) is 6.04 Å². The van der Waals surface area contributed by atoms with Crippen molar-refractivity contribution in [3.05, 3.63) is 0 Å². The number of carboxylic acid groups (broad SMARTS) is 1. The molecule has 0 radical (unpaired) electrons. The van der Waals surface area contributed by atoms with E-state index in [0.29, 0.717) is 12.3 Å². The van der Waals surface area contributed by atoms with E-state index >= 15 is 0 Å². The Morgan fingerprint density at radius 3 is 2.56 bits per heavy atom. The van der Waals surface area contributed by atoms with Gasteiger partial charge in [-0.3, -0.25) is 4.79 Å². The lowest BCUT2D eigenvalue weighted by atomic mass is 9.98. The van der Waals surface area contributed by atoms with Gasteiger partial charge in [0.25, 0.3) is 0 Å². The highest BCUT2D eigenvalue weighted by atomic mass is 16.4. The summed E-state index contributed by atoms with van der Waals surface area (Å²) in [4.78, 5) is 24.0. The van der Waals surface area contributed by atoms with E-state index in [1.165, 1.54) is 4.90 Å². The maximum absolute atomic E-state index is 11.8. The van der Waals surface area contributed by atoms with Crippen LogP contribution in [-0.2, 0) is 9.59 Å². The summed E-state index contributed by atoms with van der Waals surface area (Å²) in [7, 11) is 0. The number of nitrogens with one attached hydrogen (secondary N) is 1. The van der Waals surface area contributed by atoms with E-state index in [2.05, 4.69) is 5.32 Å². The molecule has 2 rings (SSSR count). The van der Waals surface area contributed by atoms with Gasteiger partial charge in [0, 0.05) is 19.4 Å². The molecule has 3 N–H and O–H groups in total. The highest BCUT2D eigenvalue weighted by molar-refractivity contribution is 5.84. The molecule has 2 aliphatic rings. The quantitative estimate of drug-likeness (QED) is 0.555. The van der Waals surface area contributed by atoms with Crippen LogP contribution in [-0.4, -0.2) is 58.8 Å². The van der Waals surface area contributed by atoms with Gasteiger partial charge < -0.3 is 20.4 Å². The molecule has 2 atom stereocenters. The third-order valence-corrected chi connectivity index (χ3v) is 3.21. The van der Waals surface area contributed by atoms with Crippen molar-refractivity contribution in [2.24, 2.45) is 5.92 Å². The first-order valence-corrected chi connectivity index (χ1v) is 5.49. The van der Waals surface area contributed by atoms with Crippen molar-refractivity contribution >= 4 is 11.9 Å². The Morgan fingerprint density at radius 2 is 2.06 bits per heavy atom. The molecule has 6 heteroatoms. The Labute approximate surface area is 93.2 Å². The van der Waals surface area contributed by atoms with Crippen molar-refractivity contribution in [2.45, 2.75) is 25.0 Å². The molecule has 2 fully saturated rings. The topological polar surface area (TPSA) is 89.9 Å². The summed E-state index contributed by atoms with van der Waals surface area (Å²) in [5, 5.41) is 21.4. The highest BCUT2D eigenvalue weighted by Crippen LogP contribution is 2.21. The smallest absolute Gasteiger partial charge is 0.326 e. The Bertz CT molecular complexity index is 303. The number of amides is 1. The molecule has 2 aliphatic heterocycles. The SMILES string of the molecule is O=C(O)C1CC(O)CN1C(=O)CC1CNC1. The van der Waals surface area contributed by atoms with Crippen LogP contribution < -0.4 is 5.32 Å². The van der Waals surface area contributed by atoms with E-state index in [1.54, 1.807) is 0 Å². The molecule has 2 heterocycles. The van der Waals surface area contributed by atoms with Crippen LogP contribution in [0.2, 0.25) is 0 Å². The van der Waals surface area contributed by atoms with Crippen molar-refractivity contribution in [1.29, 1.82) is 0 Å². The molecule has 0 saturated carbocycles. The van der Waals surface area contributed by atoms with Gasteiger partial charge in [0.2, 0.25) is 5.91 Å². The fraction of sp³-hybridized carbons (Fsp3) is 0.800. The molecule has 6 nitrogen and oxygen atoms in total. The van der Waals surface area contributed by atoms with Gasteiger partial charge in [-0.2, -0.15) is 0 Å². The molecule has 16 heavy (non-hydrogen) atoms. The number of β-amino-alcohol motifs (C(OH)–C–C–N with tert-alkyl or cyclic N) is 1. The van der Waals surface area contributed by atoms with Crippen LogP contribution in [0.25, 0.3) is 0 Å². The van der Waals surface area contributed by atoms with Crippen LogP contribution in [0.4, 0.5) is 0 Å². The monoisotopic (exact) mass is 228 g/mol. The second-order valence-corrected chi connectivity index (χ2v) is 4.52. The van der Waals surface area contributed by atoms with Crippen molar-refractivity contribution in [3.8, 4) is 0 Å². The molecular formula is C10H16N2O4. The van der Waals surface area contributed by atoms with Gasteiger partial charge in [-0.15, -0.1) is 0 Å². The van der Waals surface area contributed by atoms with Crippen LogP contribution in [0.1, 0.15) is 12.8 Å². The number of nitrogens with zero attached hydrogens (tertiary/aromatic N) is 1. The average Bonchev–Trinajstić information content (AvgIpc) is 2.53. The maximum Gasteiger partial charge on any atom is 0.326 e. The first-order valence-electron chi connectivity index (χ1n) is 5.49. The third kappa shape index (κ3) is 2.17. The molecule has 0 aromatic heterocycles. The molecule has 0 spiro atoms. The number of hydrogen-bond acceptors (Lipinski definition) is 4. The van der Waals surface area contributed by atoms with Crippen LogP contribution in [0.15, 0.2) is 0 Å². The van der Waals surface area contributed by atoms with E-state index in [1.807, 2.05) is 0 Å². The summed E-state index contributed by atoms with van der Waals surface area (Å²) in [5.41, 5.74) is 0. The summed E-state index contributed by atoms with van der Waals surface area (Å²) in [5.74, 6) is -0.869. The summed E-state index contributed by atoms with van der Waals surface area (Å²) < 4.78 is 0. The minimum atomic E-state index is -1.03. The van der Waals surface area contributed by atoms with E-state index in [0.717, 1.165) is 13.1 Å². The number of carbonyl (C=O) groups is 2. The molecule has 0 aromatic carbocycles. The second kappa shape index (κ2) is 4.39. The zero-order valence-electron chi connectivity index (χ0n) is 8.93. The predicted molar refractivity (Wildman–Crippen MR) is 54.7 cm³/mol. The van der Waals surface area contributed by atoms with Crippen molar-refractivity contribution in [2.75, 3.05) is 19.6 Å². The predicted octanol–water partition coefficient (Wildman–Crippen LogP) is -1.36. The van der Waals surface area contributed by atoms with E-state index in [-0.39, 0.29) is 18.9 Å². The van der Waals surface area contributed by atoms with Gasteiger partial charge in [-0.05, 0) is 19.0 Å². The Kier molecular flexibility index (Phi) is 3.11. The Hall–Kier alpha value is -1.14. The minimum absolute atomic E-state index is 0.143. The molecule has 0 bridgehead atoms. The van der Waals surface area contributed by atoms with Crippen LogP contribution in [0, 0.1) is 5.92 Å². The van der Waals surface area contributed by atoms with Gasteiger partial charge in [0.05, 0.1) is 6.10 Å². The van der Waals surface area contributed by atoms with Gasteiger partial charge in [-0.25, -0.2) is 4.79 Å². The van der Waals surface area contributed by atoms with Crippen LogP contribution in [0.5, 0.6) is 0 Å². The Balaban J connectivity index is 1.95. The number of carboxylic acids is 1. The molecule has 0 aromatic rings. The number of hydrogen-bond donors (Lipinski definition) is 3. The standard InChI is InChI=1S/C10H16N2O4/c13-7-2-8(10(15)16)12(5-7)9(14)1-6-3-11-4-6/h6-8,11,13H,1-5H2,(H,15,16). The van der Waals surface area contributed by atoms with E-state index in [9.17, 15) is 14.7 Å². The Morgan fingerprint density at radius 1 is 1.38 bits per heavy atom. The summed E-state index contributed by atoms with van der Waals surface area (Å²) in [6, 6.07) is -0.851. The van der Waals surface area contributed by atoms with Crippen LogP contribution >= 0.6 is 0 Å². The number of aliphatic carboxylic acids is 1. The fourth-order valence-electron chi connectivity index (χ4n) is 2.18. The number of likely N-dealkylation sites (tertiary alicyclic amines) is 1. The van der Waals surface area contributed by atoms with Crippen molar-refractivity contribution in [3.63, 3.8) is 0 Å². The number of aliphatic hydroxyl groups is 1. The first-order chi connectivity index (χ1) is 7.58. The van der Waals surface area contributed by atoms with Crippen LogP contribution in [0.3, 0.4) is 0 Å². The lowest BCUT2D eigenvalue weighted by Gasteiger charge is -2.29. The highest BCUT2D eigenvalue weighted by Gasteiger charge is 2.39. The van der Waals surface area contributed by atoms with Gasteiger partial charge in [0.15, 0.2) is 0 Å². The van der Waals surface area contributed by atoms with E-state index in [4.69, 9.17) is 5.11 Å². The van der Waals surface area contributed by atoms with E-state index < -0.39 is 18.1 Å². The average molecular weight is 228 g/mol. The lowest BCUT2D eigenvalue weighted by Crippen LogP contribution is -2.47. The fourth-order valence-corrected chi connectivity index (χ4v) is 2.18. The van der Waals surface area contributed by atoms with Crippen molar-refractivity contribution < 1.29 is 19.8 Å². The zero-order valence-corrected chi connectivity index (χ0v) is 8.93. The third-order valence-electron chi connectivity index (χ3n) is 3.21. The number of carbonyl (C=O) groups excluding carboxylic acids is 1. The summed E-state index contributed by atoms with van der Waals surface area (Å²) in [6.45, 7) is 1.79. The molecule has 2 unspecified atom stereocenters. The zero-order chi connectivity index (χ0) is 11.7. The largest absolute Gasteiger partial charge is 0.480 e. The normalized spacial score (nSPS) is 30.2. The summed E-state index contributed by atoms with van der Waals surface area (Å²) >= 11 is 0. The lowest BCUT2D eigenvalue weighted by molar-refractivity contribution is -0.148. The molecule has 0 aliphatic carbocycles. The molecular weight excluding hydrogens is 212 g/mol. The maximum atomic E-state index is 11.8. The molecule has 1 amide bonds. The van der Waals surface area contributed by atoms with Crippen molar-refractivity contribution in [1.82, 2.24) is 10.2 Å². The molecule has 2 saturated heterocycles. The molecule has 90 valence electrons. The second-order valence-electron chi connectivity index (χ2n) is 4.52. The van der Waals surface area contributed by atoms with Gasteiger partial charge in [-0.1, -0.05) is 0 Å². The van der Waals surface area contributed by atoms with Gasteiger partial charge >= 0.3 is 5.97 Å². The number of aliphatic hydroxyl groups excluding tert-OH is 1. The minimum Gasteiger partial charge on any atom is -0.480 e. The number of rotatable bonds is 3. The first kappa shape index (κ1) is 11.3.